The number of hydrogen-bond donors (Lipinski definition) is 0. The molecule has 2 heterocycles. The largest absolute Gasteiger partial charge is 0.373 e. The first kappa shape index (κ1) is 17.2. The Kier molecular flexibility index (Phi) is 6.89. The minimum atomic E-state index is -0.340. The summed E-state index contributed by atoms with van der Waals surface area (Å²) in [6.07, 6.45) is 3.27. The van der Waals surface area contributed by atoms with Crippen LogP contribution in [0.25, 0.3) is 0 Å². The summed E-state index contributed by atoms with van der Waals surface area (Å²) in [5.74, 6) is 0. The lowest BCUT2D eigenvalue weighted by Crippen LogP contribution is -2.57. The van der Waals surface area contributed by atoms with Gasteiger partial charge in [-0.15, -0.1) is 0 Å². The van der Waals surface area contributed by atoms with Crippen molar-refractivity contribution in [2.45, 2.75) is 90.4 Å². The van der Waals surface area contributed by atoms with Gasteiger partial charge in [0.1, 0.15) is 18.3 Å². The van der Waals surface area contributed by atoms with Gasteiger partial charge in [0.2, 0.25) is 0 Å². The third-order valence-electron chi connectivity index (χ3n) is 4.02. The van der Waals surface area contributed by atoms with Crippen molar-refractivity contribution in [3.63, 3.8) is 0 Å². The maximum Gasteiger partial charge on any atom is 0.189 e. The van der Waals surface area contributed by atoms with E-state index in [0.29, 0.717) is 0 Å². The van der Waals surface area contributed by atoms with Crippen LogP contribution < -0.4 is 0 Å². The van der Waals surface area contributed by atoms with Gasteiger partial charge in [0, 0.05) is 13.2 Å². The summed E-state index contributed by atoms with van der Waals surface area (Å²) in [5, 5.41) is 0. The first-order valence-electron chi connectivity index (χ1n) is 8.37. The van der Waals surface area contributed by atoms with E-state index in [1.165, 1.54) is 0 Å². The molecule has 0 bridgehead atoms. The Labute approximate surface area is 128 Å². The fraction of sp³-hybridized carbons (Fsp3) is 1.00. The average Bonchev–Trinajstić information content (AvgIpc) is 2.81. The minimum absolute atomic E-state index is 0.0522. The minimum Gasteiger partial charge on any atom is -0.373 e. The summed E-state index contributed by atoms with van der Waals surface area (Å²) < 4.78 is 29.5. The Morgan fingerprint density at radius 2 is 1.43 bits per heavy atom. The molecule has 2 rings (SSSR count). The predicted octanol–water partition coefficient (Wildman–Crippen LogP) is 2.86. The molecule has 124 valence electrons. The van der Waals surface area contributed by atoms with Gasteiger partial charge in [0.05, 0.1) is 6.10 Å². The summed E-state index contributed by atoms with van der Waals surface area (Å²) in [4.78, 5) is 0. The van der Waals surface area contributed by atoms with Crippen LogP contribution >= 0.6 is 0 Å². The Morgan fingerprint density at radius 3 is 2.05 bits per heavy atom. The van der Waals surface area contributed by atoms with Gasteiger partial charge >= 0.3 is 0 Å². The highest BCUT2D eigenvalue weighted by molar-refractivity contribution is 4.93. The van der Waals surface area contributed by atoms with Crippen molar-refractivity contribution in [1.29, 1.82) is 0 Å². The van der Waals surface area contributed by atoms with Gasteiger partial charge in [-0.05, 0) is 26.7 Å². The van der Waals surface area contributed by atoms with Crippen LogP contribution in [0.2, 0.25) is 0 Å². The van der Waals surface area contributed by atoms with Gasteiger partial charge in [0.15, 0.2) is 12.6 Å². The van der Waals surface area contributed by atoms with E-state index >= 15 is 0 Å². The topological polar surface area (TPSA) is 46.2 Å². The van der Waals surface area contributed by atoms with E-state index in [-0.39, 0.29) is 37.0 Å². The van der Waals surface area contributed by atoms with Crippen molar-refractivity contribution < 1.29 is 23.7 Å². The second kappa shape index (κ2) is 8.44. The van der Waals surface area contributed by atoms with E-state index in [2.05, 4.69) is 13.8 Å². The molecule has 0 aliphatic carbocycles. The molecule has 2 aliphatic rings. The number of rotatable bonds is 8. The van der Waals surface area contributed by atoms with Gasteiger partial charge in [-0.1, -0.05) is 26.7 Å². The number of ether oxygens (including phenoxy) is 5. The van der Waals surface area contributed by atoms with Crippen molar-refractivity contribution in [3.05, 3.63) is 0 Å². The molecule has 6 atom stereocenters. The fourth-order valence-electron chi connectivity index (χ4n) is 2.82. The van der Waals surface area contributed by atoms with E-state index in [4.69, 9.17) is 23.7 Å². The fourth-order valence-corrected chi connectivity index (χ4v) is 2.82. The monoisotopic (exact) mass is 302 g/mol. The molecule has 2 fully saturated rings. The Hall–Kier alpha value is -0.200. The Bertz CT molecular complexity index is 298. The number of unbranched alkanes of at least 4 members (excludes halogenated alkanes) is 2. The maximum atomic E-state index is 6.09. The van der Waals surface area contributed by atoms with E-state index in [1.54, 1.807) is 0 Å². The molecule has 0 aromatic heterocycles. The lowest BCUT2D eigenvalue weighted by molar-refractivity contribution is -0.261. The van der Waals surface area contributed by atoms with E-state index in [1.807, 2.05) is 13.8 Å². The second-order valence-corrected chi connectivity index (χ2v) is 5.89. The third-order valence-corrected chi connectivity index (χ3v) is 4.02. The van der Waals surface area contributed by atoms with Gasteiger partial charge < -0.3 is 23.7 Å². The molecule has 5 heteroatoms. The highest BCUT2D eigenvalue weighted by Crippen LogP contribution is 2.34. The van der Waals surface area contributed by atoms with Crippen molar-refractivity contribution in [2.24, 2.45) is 0 Å². The molecular formula is C16H30O5. The number of fused-ring (bicyclic) bond motifs is 1. The van der Waals surface area contributed by atoms with Gasteiger partial charge in [-0.3, -0.25) is 0 Å². The maximum absolute atomic E-state index is 6.09. The van der Waals surface area contributed by atoms with Crippen molar-refractivity contribution >= 4 is 0 Å². The third kappa shape index (κ3) is 4.39. The lowest BCUT2D eigenvalue weighted by atomic mass is 9.99. The standard InChI is InChI=1S/C16H30O5/c1-5-7-9-17-13-11(3)19-16-15(20-12(4)21-16)14(13)18-10-8-6-2/h11-16H,5-10H2,1-4H3/t11?,12?,13-,14?,15?,16+/m0/s1. The molecule has 0 amide bonds. The SMILES string of the molecule is CCCCOC1C2OC(C)O[C@H]2OC(C)[C@@H]1OCCCC. The quantitative estimate of drug-likeness (QED) is 0.645. The molecule has 21 heavy (non-hydrogen) atoms. The molecule has 4 unspecified atom stereocenters. The zero-order chi connectivity index (χ0) is 15.2. The molecule has 0 radical (unpaired) electrons. The van der Waals surface area contributed by atoms with Gasteiger partial charge in [-0.2, -0.15) is 0 Å². The van der Waals surface area contributed by atoms with Crippen LogP contribution in [0.15, 0.2) is 0 Å². The molecular weight excluding hydrogens is 272 g/mol. The summed E-state index contributed by atoms with van der Waals surface area (Å²) in [6, 6.07) is 0. The van der Waals surface area contributed by atoms with Crippen LogP contribution in [0.1, 0.15) is 53.4 Å². The van der Waals surface area contributed by atoms with Crippen LogP contribution in [0.5, 0.6) is 0 Å². The van der Waals surface area contributed by atoms with Crippen LogP contribution in [0.4, 0.5) is 0 Å². The van der Waals surface area contributed by atoms with Crippen molar-refractivity contribution in [2.75, 3.05) is 13.2 Å². The first-order chi connectivity index (χ1) is 10.2. The highest BCUT2D eigenvalue weighted by atomic mass is 16.8. The molecule has 0 aromatic rings. The highest BCUT2D eigenvalue weighted by Gasteiger charge is 2.51. The molecule has 0 N–H and O–H groups in total. The molecule has 2 saturated heterocycles. The summed E-state index contributed by atoms with van der Waals surface area (Å²) in [6.45, 7) is 9.69. The zero-order valence-electron chi connectivity index (χ0n) is 13.7. The molecule has 0 aromatic carbocycles. The molecule has 2 aliphatic heterocycles. The predicted molar refractivity (Wildman–Crippen MR) is 79.1 cm³/mol. The number of hydrogen-bond acceptors (Lipinski definition) is 5. The van der Waals surface area contributed by atoms with Gasteiger partial charge in [-0.25, -0.2) is 0 Å². The van der Waals surface area contributed by atoms with Gasteiger partial charge in [0.25, 0.3) is 0 Å². The van der Waals surface area contributed by atoms with E-state index in [0.717, 1.165) is 38.9 Å². The summed E-state index contributed by atoms with van der Waals surface area (Å²) in [7, 11) is 0. The summed E-state index contributed by atoms with van der Waals surface area (Å²) >= 11 is 0. The van der Waals surface area contributed by atoms with Crippen LogP contribution in [-0.4, -0.2) is 50.2 Å². The zero-order valence-corrected chi connectivity index (χ0v) is 13.7. The van der Waals surface area contributed by atoms with Crippen LogP contribution in [0.3, 0.4) is 0 Å². The first-order valence-corrected chi connectivity index (χ1v) is 8.37. The second-order valence-electron chi connectivity index (χ2n) is 5.89. The van der Waals surface area contributed by atoms with Crippen molar-refractivity contribution in [1.82, 2.24) is 0 Å². The molecule has 0 saturated carbocycles. The Balaban J connectivity index is 2.00. The van der Waals surface area contributed by atoms with Crippen LogP contribution in [-0.2, 0) is 23.7 Å². The average molecular weight is 302 g/mol. The lowest BCUT2D eigenvalue weighted by Gasteiger charge is -2.41. The summed E-state index contributed by atoms with van der Waals surface area (Å²) in [5.41, 5.74) is 0. The van der Waals surface area contributed by atoms with E-state index in [9.17, 15) is 0 Å². The van der Waals surface area contributed by atoms with Crippen molar-refractivity contribution in [3.8, 4) is 0 Å². The van der Waals surface area contributed by atoms with Crippen LogP contribution in [0, 0.1) is 0 Å². The normalized spacial score (nSPS) is 39.4. The smallest absolute Gasteiger partial charge is 0.189 e. The Morgan fingerprint density at radius 1 is 0.810 bits per heavy atom. The molecule has 5 nitrogen and oxygen atoms in total. The molecule has 0 spiro atoms. The van der Waals surface area contributed by atoms with E-state index < -0.39 is 0 Å².